The van der Waals surface area contributed by atoms with Crippen molar-refractivity contribution in [2.75, 3.05) is 38.2 Å². The molecular weight excluding hydrogens is 344 g/mol. The first-order valence-electron chi connectivity index (χ1n) is 8.85. The summed E-state index contributed by atoms with van der Waals surface area (Å²) in [5, 5.41) is 20.4. The molecule has 1 aliphatic rings. The summed E-state index contributed by atoms with van der Waals surface area (Å²) in [6.07, 6.45) is 0. The van der Waals surface area contributed by atoms with Gasteiger partial charge in [0, 0.05) is 38.3 Å². The number of anilines is 1. The molecule has 0 aliphatic carbocycles. The Morgan fingerprint density at radius 2 is 1.93 bits per heavy atom. The summed E-state index contributed by atoms with van der Waals surface area (Å²) in [5.74, 6) is 0.839. The molecule has 0 spiro atoms. The maximum absolute atomic E-state index is 11.4. The SMILES string of the molecule is COc1cccc(C(C)N2CCN(c3ccc(C#N)cc3[N+](=O)[O-])CC2)c1. The summed E-state index contributed by atoms with van der Waals surface area (Å²) in [7, 11) is 1.66. The van der Waals surface area contributed by atoms with E-state index in [0.717, 1.165) is 18.8 Å². The third-order valence-corrected chi connectivity index (χ3v) is 5.08. The number of nitro benzene ring substituents is 1. The predicted molar refractivity (Wildman–Crippen MR) is 103 cm³/mol. The number of nitrogens with zero attached hydrogens (tertiary/aromatic N) is 4. The van der Waals surface area contributed by atoms with Crippen molar-refractivity contribution >= 4 is 11.4 Å². The maximum atomic E-state index is 11.4. The van der Waals surface area contributed by atoms with Crippen molar-refractivity contribution in [1.82, 2.24) is 4.90 Å². The van der Waals surface area contributed by atoms with Gasteiger partial charge >= 0.3 is 0 Å². The molecule has 1 aliphatic heterocycles. The lowest BCUT2D eigenvalue weighted by atomic mass is 10.1. The molecule has 1 fully saturated rings. The predicted octanol–water partition coefficient (Wildman–Crippen LogP) is 3.36. The number of hydrogen-bond acceptors (Lipinski definition) is 6. The second kappa shape index (κ2) is 8.06. The van der Waals surface area contributed by atoms with E-state index in [1.165, 1.54) is 11.6 Å². The Bertz CT molecular complexity index is 870. The van der Waals surface area contributed by atoms with Crippen LogP contribution >= 0.6 is 0 Å². The average molecular weight is 366 g/mol. The van der Waals surface area contributed by atoms with Gasteiger partial charge in [-0.15, -0.1) is 0 Å². The number of nitriles is 1. The topological polar surface area (TPSA) is 82.6 Å². The maximum Gasteiger partial charge on any atom is 0.293 e. The highest BCUT2D eigenvalue weighted by molar-refractivity contribution is 5.65. The normalized spacial score (nSPS) is 15.8. The molecule has 0 amide bonds. The van der Waals surface area contributed by atoms with Gasteiger partial charge in [0.1, 0.15) is 11.4 Å². The molecule has 7 nitrogen and oxygen atoms in total. The fourth-order valence-electron chi connectivity index (χ4n) is 3.47. The Kier molecular flexibility index (Phi) is 5.57. The fraction of sp³-hybridized carbons (Fsp3) is 0.350. The molecule has 140 valence electrons. The van der Waals surface area contributed by atoms with Crippen LogP contribution in [-0.4, -0.2) is 43.1 Å². The number of hydrogen-bond donors (Lipinski definition) is 0. The number of methoxy groups -OCH3 is 1. The molecule has 7 heteroatoms. The average Bonchev–Trinajstić information content (AvgIpc) is 2.72. The molecule has 0 aromatic heterocycles. The number of nitro groups is 1. The Morgan fingerprint density at radius 3 is 2.56 bits per heavy atom. The van der Waals surface area contributed by atoms with Gasteiger partial charge in [-0.25, -0.2) is 0 Å². The molecule has 0 radical (unpaired) electrons. The number of benzene rings is 2. The minimum atomic E-state index is -0.415. The molecule has 2 aromatic rings. The van der Waals surface area contributed by atoms with E-state index in [1.54, 1.807) is 19.2 Å². The zero-order valence-electron chi connectivity index (χ0n) is 15.5. The zero-order valence-corrected chi connectivity index (χ0v) is 15.5. The van der Waals surface area contributed by atoms with Crippen LogP contribution in [0, 0.1) is 21.4 Å². The first-order valence-corrected chi connectivity index (χ1v) is 8.85. The van der Waals surface area contributed by atoms with Crippen LogP contribution in [0.15, 0.2) is 42.5 Å². The highest BCUT2D eigenvalue weighted by Crippen LogP contribution is 2.31. The van der Waals surface area contributed by atoms with Crippen LogP contribution in [0.1, 0.15) is 24.1 Å². The lowest BCUT2D eigenvalue weighted by Crippen LogP contribution is -2.47. The summed E-state index contributed by atoms with van der Waals surface area (Å²) in [6.45, 7) is 5.15. The van der Waals surface area contributed by atoms with E-state index in [4.69, 9.17) is 10.00 Å². The summed E-state index contributed by atoms with van der Waals surface area (Å²) < 4.78 is 5.31. The van der Waals surface area contributed by atoms with Crippen molar-refractivity contribution in [3.8, 4) is 11.8 Å². The Balaban J connectivity index is 1.72. The Morgan fingerprint density at radius 1 is 1.19 bits per heavy atom. The van der Waals surface area contributed by atoms with Crippen molar-refractivity contribution < 1.29 is 9.66 Å². The molecule has 1 heterocycles. The highest BCUT2D eigenvalue weighted by Gasteiger charge is 2.26. The molecule has 2 aromatic carbocycles. The lowest BCUT2D eigenvalue weighted by molar-refractivity contribution is -0.384. The number of ether oxygens (including phenoxy) is 1. The van der Waals surface area contributed by atoms with Crippen LogP contribution in [0.2, 0.25) is 0 Å². The summed E-state index contributed by atoms with van der Waals surface area (Å²) in [5.41, 5.74) is 2.05. The minimum Gasteiger partial charge on any atom is -0.497 e. The Labute approximate surface area is 158 Å². The monoisotopic (exact) mass is 366 g/mol. The van der Waals surface area contributed by atoms with Crippen LogP contribution in [0.5, 0.6) is 5.75 Å². The van der Waals surface area contributed by atoms with E-state index in [1.807, 2.05) is 29.2 Å². The molecule has 0 saturated carbocycles. The molecule has 0 N–H and O–H groups in total. The van der Waals surface area contributed by atoms with Gasteiger partial charge in [-0.05, 0) is 36.8 Å². The van der Waals surface area contributed by atoms with Gasteiger partial charge in [-0.1, -0.05) is 12.1 Å². The van der Waals surface area contributed by atoms with Gasteiger partial charge in [0.05, 0.1) is 23.7 Å². The van der Waals surface area contributed by atoms with Gasteiger partial charge in [0.2, 0.25) is 0 Å². The minimum absolute atomic E-state index is 0.0108. The third kappa shape index (κ3) is 4.01. The molecular formula is C20H22N4O3. The van der Waals surface area contributed by atoms with E-state index in [-0.39, 0.29) is 11.7 Å². The van der Waals surface area contributed by atoms with E-state index < -0.39 is 4.92 Å². The molecule has 3 rings (SSSR count). The standard InChI is InChI=1S/C20H22N4O3/c1-15(17-4-3-5-18(13-17)27-2)22-8-10-23(11-9-22)19-7-6-16(14-21)12-20(19)24(25)26/h3-7,12-13,15H,8-11H2,1-2H3. The number of piperazine rings is 1. The highest BCUT2D eigenvalue weighted by atomic mass is 16.6. The van der Waals surface area contributed by atoms with Crippen molar-refractivity contribution in [1.29, 1.82) is 5.26 Å². The quantitative estimate of drug-likeness (QED) is 0.596. The molecule has 27 heavy (non-hydrogen) atoms. The third-order valence-electron chi connectivity index (χ3n) is 5.08. The van der Waals surface area contributed by atoms with Crippen LogP contribution in [0.4, 0.5) is 11.4 Å². The van der Waals surface area contributed by atoms with Crippen molar-refractivity contribution in [3.05, 3.63) is 63.7 Å². The van der Waals surface area contributed by atoms with Gasteiger partial charge in [0.25, 0.3) is 5.69 Å². The van der Waals surface area contributed by atoms with Crippen LogP contribution in [0.25, 0.3) is 0 Å². The largest absolute Gasteiger partial charge is 0.497 e. The number of rotatable bonds is 5. The van der Waals surface area contributed by atoms with Crippen molar-refractivity contribution in [2.45, 2.75) is 13.0 Å². The molecule has 1 atom stereocenters. The van der Waals surface area contributed by atoms with E-state index in [9.17, 15) is 10.1 Å². The Hall–Kier alpha value is -3.11. The van der Waals surface area contributed by atoms with E-state index in [2.05, 4.69) is 17.9 Å². The van der Waals surface area contributed by atoms with Crippen molar-refractivity contribution in [2.24, 2.45) is 0 Å². The van der Waals surface area contributed by atoms with Gasteiger partial charge in [-0.3, -0.25) is 15.0 Å². The first-order chi connectivity index (χ1) is 13.0. The van der Waals surface area contributed by atoms with Crippen LogP contribution in [0.3, 0.4) is 0 Å². The van der Waals surface area contributed by atoms with Crippen LogP contribution in [-0.2, 0) is 0 Å². The molecule has 0 bridgehead atoms. The van der Waals surface area contributed by atoms with Gasteiger partial charge in [-0.2, -0.15) is 5.26 Å². The lowest BCUT2D eigenvalue weighted by Gasteiger charge is -2.39. The smallest absolute Gasteiger partial charge is 0.293 e. The summed E-state index contributed by atoms with van der Waals surface area (Å²) in [4.78, 5) is 15.4. The van der Waals surface area contributed by atoms with Crippen LogP contribution < -0.4 is 9.64 Å². The second-order valence-corrected chi connectivity index (χ2v) is 6.55. The second-order valence-electron chi connectivity index (χ2n) is 6.55. The fourth-order valence-corrected chi connectivity index (χ4v) is 3.47. The van der Waals surface area contributed by atoms with E-state index in [0.29, 0.717) is 24.3 Å². The summed E-state index contributed by atoms with van der Waals surface area (Å²) in [6, 6.07) is 14.9. The summed E-state index contributed by atoms with van der Waals surface area (Å²) >= 11 is 0. The first kappa shape index (κ1) is 18.7. The molecule has 1 unspecified atom stereocenters. The zero-order chi connectivity index (χ0) is 19.4. The van der Waals surface area contributed by atoms with Gasteiger partial charge < -0.3 is 9.64 Å². The molecule has 1 saturated heterocycles. The van der Waals surface area contributed by atoms with E-state index >= 15 is 0 Å². The van der Waals surface area contributed by atoms with Gasteiger partial charge in [0.15, 0.2) is 0 Å². The van der Waals surface area contributed by atoms with Crippen molar-refractivity contribution in [3.63, 3.8) is 0 Å².